The lowest BCUT2D eigenvalue weighted by Gasteiger charge is -2.45. The highest BCUT2D eigenvalue weighted by Gasteiger charge is 2.29. The number of carbonyl (C=O) groups is 1. The number of primary amides is 1. The first-order valence-corrected chi connectivity index (χ1v) is 7.33. The Bertz CT molecular complexity index is 517. The van der Waals surface area contributed by atoms with E-state index in [1.165, 1.54) is 25.8 Å². The van der Waals surface area contributed by atoms with Crippen molar-refractivity contribution in [1.82, 2.24) is 4.90 Å². The van der Waals surface area contributed by atoms with E-state index in [-0.39, 0.29) is 0 Å². The van der Waals surface area contributed by atoms with E-state index in [2.05, 4.69) is 9.80 Å². The molecule has 5 nitrogen and oxygen atoms in total. The third-order valence-corrected chi connectivity index (χ3v) is 4.50. The Kier molecular flexibility index (Phi) is 3.53. The normalized spacial score (nSPS) is 23.4. The van der Waals surface area contributed by atoms with Gasteiger partial charge in [-0.2, -0.15) is 0 Å². The van der Waals surface area contributed by atoms with Gasteiger partial charge in [0.2, 0.25) is 0 Å². The lowest BCUT2D eigenvalue weighted by atomic mass is 9.99. The molecule has 0 saturated carbocycles. The van der Waals surface area contributed by atoms with Gasteiger partial charge >= 0.3 is 0 Å². The number of nitrogen functional groups attached to an aromatic ring is 1. The van der Waals surface area contributed by atoms with Gasteiger partial charge in [-0.3, -0.25) is 9.69 Å². The topological polar surface area (TPSA) is 75.6 Å². The Hall–Kier alpha value is -1.75. The molecule has 1 aromatic rings. The smallest absolute Gasteiger partial charge is 0.250 e. The standard InChI is InChI=1S/C15H22N4O/c16-14-5-4-11(9-13(14)15(17)20)19-8-7-18-6-2-1-3-12(18)10-19/h4-5,9,12H,1-3,6-8,10,16H2,(H2,17,20). The van der Waals surface area contributed by atoms with Gasteiger partial charge in [-0.15, -0.1) is 0 Å². The fourth-order valence-electron chi connectivity index (χ4n) is 3.34. The van der Waals surface area contributed by atoms with Crippen LogP contribution in [0.25, 0.3) is 0 Å². The Morgan fingerprint density at radius 2 is 2.05 bits per heavy atom. The Labute approximate surface area is 119 Å². The molecule has 2 aliphatic heterocycles. The van der Waals surface area contributed by atoms with Gasteiger partial charge in [0.15, 0.2) is 0 Å². The zero-order valence-corrected chi connectivity index (χ0v) is 11.7. The van der Waals surface area contributed by atoms with Gasteiger partial charge in [0.05, 0.1) is 5.56 Å². The van der Waals surface area contributed by atoms with Crippen molar-refractivity contribution < 1.29 is 4.79 Å². The van der Waals surface area contributed by atoms with E-state index >= 15 is 0 Å². The molecule has 4 N–H and O–H groups in total. The fraction of sp³-hybridized carbons (Fsp3) is 0.533. The van der Waals surface area contributed by atoms with Crippen LogP contribution in [0.2, 0.25) is 0 Å². The van der Waals surface area contributed by atoms with Crippen LogP contribution in [-0.4, -0.2) is 43.0 Å². The minimum Gasteiger partial charge on any atom is -0.398 e. The number of carbonyl (C=O) groups excluding carboxylic acids is 1. The van der Waals surface area contributed by atoms with E-state index in [1.807, 2.05) is 12.1 Å². The molecular formula is C15H22N4O. The maximum atomic E-state index is 11.4. The van der Waals surface area contributed by atoms with Crippen LogP contribution < -0.4 is 16.4 Å². The molecule has 1 atom stereocenters. The molecule has 2 saturated heterocycles. The number of amides is 1. The number of piperidine rings is 1. The predicted octanol–water partition coefficient (Wildman–Crippen LogP) is 1.04. The molecule has 0 radical (unpaired) electrons. The maximum Gasteiger partial charge on any atom is 0.250 e. The average molecular weight is 274 g/mol. The molecule has 1 amide bonds. The maximum absolute atomic E-state index is 11.4. The summed E-state index contributed by atoms with van der Waals surface area (Å²) in [7, 11) is 0. The van der Waals surface area contributed by atoms with Crippen molar-refractivity contribution in [1.29, 1.82) is 0 Å². The second-order valence-electron chi connectivity index (χ2n) is 5.77. The highest BCUT2D eigenvalue weighted by molar-refractivity contribution is 5.99. The van der Waals surface area contributed by atoms with Gasteiger partial charge in [-0.25, -0.2) is 0 Å². The molecule has 108 valence electrons. The van der Waals surface area contributed by atoms with Crippen molar-refractivity contribution in [3.8, 4) is 0 Å². The summed E-state index contributed by atoms with van der Waals surface area (Å²) in [6.45, 7) is 4.36. The van der Waals surface area contributed by atoms with E-state index in [9.17, 15) is 4.79 Å². The van der Waals surface area contributed by atoms with E-state index in [0.717, 1.165) is 25.3 Å². The number of rotatable bonds is 2. The van der Waals surface area contributed by atoms with Crippen LogP contribution in [0.1, 0.15) is 29.6 Å². The summed E-state index contributed by atoms with van der Waals surface area (Å²) in [6, 6.07) is 6.24. The zero-order valence-electron chi connectivity index (χ0n) is 11.7. The van der Waals surface area contributed by atoms with Crippen molar-refractivity contribution in [2.45, 2.75) is 25.3 Å². The molecule has 5 heteroatoms. The summed E-state index contributed by atoms with van der Waals surface area (Å²) in [4.78, 5) is 16.3. The molecule has 2 fully saturated rings. The van der Waals surface area contributed by atoms with Crippen LogP contribution in [0.15, 0.2) is 18.2 Å². The van der Waals surface area contributed by atoms with Gasteiger partial charge in [-0.1, -0.05) is 6.42 Å². The van der Waals surface area contributed by atoms with Gasteiger partial charge < -0.3 is 16.4 Å². The highest BCUT2D eigenvalue weighted by Crippen LogP contribution is 2.27. The van der Waals surface area contributed by atoms with E-state index < -0.39 is 5.91 Å². The minimum atomic E-state index is -0.458. The summed E-state index contributed by atoms with van der Waals surface area (Å²) < 4.78 is 0. The minimum absolute atomic E-state index is 0.425. The number of nitrogens with two attached hydrogens (primary N) is 2. The summed E-state index contributed by atoms with van der Waals surface area (Å²) in [6.07, 6.45) is 3.92. The zero-order chi connectivity index (χ0) is 14.1. The summed E-state index contributed by atoms with van der Waals surface area (Å²) in [5.41, 5.74) is 13.1. The van der Waals surface area contributed by atoms with Crippen LogP contribution in [0.5, 0.6) is 0 Å². The number of nitrogens with zero attached hydrogens (tertiary/aromatic N) is 2. The van der Waals surface area contributed by atoms with Crippen LogP contribution in [0.4, 0.5) is 11.4 Å². The van der Waals surface area contributed by atoms with Crippen LogP contribution in [0.3, 0.4) is 0 Å². The number of hydrogen-bond donors (Lipinski definition) is 2. The van der Waals surface area contributed by atoms with Gasteiger partial charge in [0.1, 0.15) is 0 Å². The molecule has 0 aromatic heterocycles. The molecule has 0 bridgehead atoms. The van der Waals surface area contributed by atoms with Gasteiger partial charge in [0.25, 0.3) is 5.91 Å². The number of benzene rings is 1. The first-order valence-electron chi connectivity index (χ1n) is 7.33. The second-order valence-corrected chi connectivity index (χ2v) is 5.77. The van der Waals surface area contributed by atoms with Crippen LogP contribution >= 0.6 is 0 Å². The molecule has 20 heavy (non-hydrogen) atoms. The van der Waals surface area contributed by atoms with Crippen molar-refractivity contribution in [3.63, 3.8) is 0 Å². The van der Waals surface area contributed by atoms with Crippen LogP contribution in [0, 0.1) is 0 Å². The summed E-state index contributed by atoms with van der Waals surface area (Å²) in [5.74, 6) is -0.458. The van der Waals surface area contributed by atoms with E-state index in [0.29, 0.717) is 17.3 Å². The largest absolute Gasteiger partial charge is 0.398 e. The number of hydrogen-bond acceptors (Lipinski definition) is 4. The lowest BCUT2D eigenvalue weighted by molar-refractivity contribution is 0.100. The molecular weight excluding hydrogens is 252 g/mol. The molecule has 2 aliphatic rings. The number of piperazine rings is 1. The van der Waals surface area contributed by atoms with E-state index in [4.69, 9.17) is 11.5 Å². The third kappa shape index (κ3) is 2.45. The van der Waals surface area contributed by atoms with Crippen molar-refractivity contribution >= 4 is 17.3 Å². The summed E-state index contributed by atoms with van der Waals surface area (Å²) >= 11 is 0. The molecule has 1 aromatic carbocycles. The molecule has 0 aliphatic carbocycles. The predicted molar refractivity (Wildman–Crippen MR) is 80.8 cm³/mol. The number of anilines is 2. The molecule has 2 heterocycles. The average Bonchev–Trinajstić information content (AvgIpc) is 2.47. The van der Waals surface area contributed by atoms with Crippen molar-refractivity contribution in [2.24, 2.45) is 5.73 Å². The first-order chi connectivity index (χ1) is 9.65. The highest BCUT2D eigenvalue weighted by atomic mass is 16.1. The Balaban J connectivity index is 1.79. The molecule has 0 spiro atoms. The van der Waals surface area contributed by atoms with Crippen molar-refractivity contribution in [3.05, 3.63) is 23.8 Å². The van der Waals surface area contributed by atoms with E-state index in [1.54, 1.807) is 6.07 Å². The quantitative estimate of drug-likeness (QED) is 0.790. The first kappa shape index (κ1) is 13.2. The number of fused-ring (bicyclic) bond motifs is 1. The summed E-state index contributed by atoms with van der Waals surface area (Å²) in [5, 5.41) is 0. The third-order valence-electron chi connectivity index (χ3n) is 4.50. The second kappa shape index (κ2) is 5.32. The Morgan fingerprint density at radius 1 is 1.20 bits per heavy atom. The Morgan fingerprint density at radius 3 is 2.85 bits per heavy atom. The van der Waals surface area contributed by atoms with Crippen LogP contribution in [-0.2, 0) is 0 Å². The fourth-order valence-corrected chi connectivity index (χ4v) is 3.34. The van der Waals surface area contributed by atoms with Gasteiger partial charge in [-0.05, 0) is 37.6 Å². The van der Waals surface area contributed by atoms with Gasteiger partial charge in [0, 0.05) is 37.1 Å². The molecule has 1 unspecified atom stereocenters. The molecule has 3 rings (SSSR count). The van der Waals surface area contributed by atoms with Crippen molar-refractivity contribution in [2.75, 3.05) is 36.8 Å². The monoisotopic (exact) mass is 274 g/mol. The SMILES string of the molecule is NC(=O)c1cc(N2CCN3CCCCC3C2)ccc1N. The lowest BCUT2D eigenvalue weighted by Crippen LogP contribution is -2.54.